The van der Waals surface area contributed by atoms with E-state index in [2.05, 4.69) is 28.2 Å². The number of likely N-dealkylation sites (N-methyl/N-ethyl adjacent to an activating group) is 1. The number of esters is 1. The molecular weight excluding hydrogens is 670 g/mol. The lowest BCUT2D eigenvalue weighted by Gasteiger charge is -2.34. The summed E-state index contributed by atoms with van der Waals surface area (Å²) < 4.78 is 11.7. The topological polar surface area (TPSA) is 224 Å². The molecule has 8 N–H and O–H groups in total. The van der Waals surface area contributed by atoms with Crippen LogP contribution in [0, 0.1) is 11.8 Å². The number of rotatable bonds is 12. The second-order valence-electron chi connectivity index (χ2n) is 14.9. The first-order valence-electron chi connectivity index (χ1n) is 19.6. The summed E-state index contributed by atoms with van der Waals surface area (Å²) in [5.74, 6) is -4.54. The molecule has 0 spiro atoms. The fourth-order valence-electron chi connectivity index (χ4n) is 7.30. The lowest BCUT2D eigenvalue weighted by atomic mass is 9.90. The number of ether oxygens (including phenoxy) is 2. The molecule has 1 saturated heterocycles. The number of carbonyl (C=O) groups excluding carboxylic acids is 6. The summed E-state index contributed by atoms with van der Waals surface area (Å²) in [5.41, 5.74) is 11.9. The van der Waals surface area contributed by atoms with E-state index < -0.39 is 72.3 Å². The largest absolute Gasteiger partial charge is 0.460 e. The first-order chi connectivity index (χ1) is 24.9. The van der Waals surface area contributed by atoms with Crippen molar-refractivity contribution in [2.24, 2.45) is 23.3 Å². The van der Waals surface area contributed by atoms with Crippen molar-refractivity contribution in [1.29, 1.82) is 0 Å². The molecule has 0 unspecified atom stereocenters. The third-order valence-corrected chi connectivity index (χ3v) is 10.7. The van der Waals surface area contributed by atoms with Gasteiger partial charge >= 0.3 is 5.97 Å². The van der Waals surface area contributed by atoms with Gasteiger partial charge in [-0.1, -0.05) is 72.1 Å². The minimum Gasteiger partial charge on any atom is -0.460 e. The molecule has 6 atom stereocenters. The van der Waals surface area contributed by atoms with Crippen LogP contribution < -0.4 is 32.7 Å². The first-order valence-corrected chi connectivity index (χ1v) is 19.6. The Kier molecular flexibility index (Phi) is 18.3. The molecule has 15 heteroatoms. The molecule has 2 saturated carbocycles. The van der Waals surface area contributed by atoms with Gasteiger partial charge in [0.25, 0.3) is 0 Å². The van der Waals surface area contributed by atoms with Crippen molar-refractivity contribution in [2.45, 2.75) is 160 Å². The standard InChI is InChI=1S/C37H65N7O8/c1-5-7-8-13-17-30-23(3)37(50)44(4)29(14-6-2)35(48)43-32(24-15-11-9-10-12-16-24)36(49)41-27(20-38)34(47)42-28(22-51-26-18-25(39)19-26)33(46)40-21-31(45)52-30/h23-30,32H,5-22,38-39H2,1-4H3,(H,40,46)(H,41,49)(H,42,47)(H,43,48)/t23-,25?,26?,27+,28+,29+,30-,32+/m1/s1. The summed E-state index contributed by atoms with van der Waals surface area (Å²) in [6, 6.07) is -4.33. The van der Waals surface area contributed by atoms with Gasteiger partial charge in [0.2, 0.25) is 29.5 Å². The summed E-state index contributed by atoms with van der Waals surface area (Å²) in [7, 11) is 1.56. The van der Waals surface area contributed by atoms with Gasteiger partial charge in [0.15, 0.2) is 0 Å². The molecule has 0 aromatic heterocycles. The highest BCUT2D eigenvalue weighted by Crippen LogP contribution is 2.27. The number of unbranched alkanes of at least 4 members (excludes halogenated alkanes) is 3. The van der Waals surface area contributed by atoms with Crippen LogP contribution in [0.3, 0.4) is 0 Å². The maximum absolute atomic E-state index is 14.1. The van der Waals surface area contributed by atoms with E-state index in [0.29, 0.717) is 44.9 Å². The molecule has 0 bridgehead atoms. The highest BCUT2D eigenvalue weighted by molar-refractivity contribution is 5.96. The number of hydrogen-bond acceptors (Lipinski definition) is 10. The summed E-state index contributed by atoms with van der Waals surface area (Å²) in [6.45, 7) is 4.69. The van der Waals surface area contributed by atoms with Gasteiger partial charge in [-0.15, -0.1) is 0 Å². The van der Waals surface area contributed by atoms with Gasteiger partial charge in [0, 0.05) is 19.6 Å². The number of nitrogens with zero attached hydrogens (tertiary/aromatic N) is 1. The third kappa shape index (κ3) is 13.0. The van der Waals surface area contributed by atoms with Gasteiger partial charge in [-0.25, -0.2) is 0 Å². The average molecular weight is 736 g/mol. The SMILES string of the molecule is CCCCCC[C@H]1OC(=O)CNC(=O)[C@H](COC2CC(N)C2)NC(=O)[C@H](CN)NC(=O)[C@H](C2CCCCCC2)NC(=O)[C@H](CCC)N(C)C(=O)[C@@H]1C. The molecule has 15 nitrogen and oxygen atoms in total. The Morgan fingerprint density at radius 2 is 1.48 bits per heavy atom. The van der Waals surface area contributed by atoms with Crippen molar-refractivity contribution in [2.75, 3.05) is 26.7 Å². The van der Waals surface area contributed by atoms with Crippen LogP contribution in [0.15, 0.2) is 0 Å². The molecule has 0 radical (unpaired) electrons. The van der Waals surface area contributed by atoms with Crippen LogP contribution >= 0.6 is 0 Å². The second kappa shape index (κ2) is 22.0. The monoisotopic (exact) mass is 735 g/mol. The van der Waals surface area contributed by atoms with E-state index in [1.54, 1.807) is 14.0 Å². The highest BCUT2D eigenvalue weighted by atomic mass is 16.5. The van der Waals surface area contributed by atoms with Gasteiger partial charge in [0.1, 0.15) is 36.8 Å². The van der Waals surface area contributed by atoms with E-state index in [4.69, 9.17) is 20.9 Å². The highest BCUT2D eigenvalue weighted by Gasteiger charge is 2.39. The average Bonchev–Trinajstić information content (AvgIpc) is 3.40. The number of nitrogens with two attached hydrogens (primary N) is 2. The number of carbonyl (C=O) groups is 6. The molecule has 0 aromatic rings. The fraction of sp³-hybridized carbons (Fsp3) is 0.838. The number of cyclic esters (lactones) is 1. The molecule has 1 aliphatic heterocycles. The maximum Gasteiger partial charge on any atom is 0.325 e. The molecule has 52 heavy (non-hydrogen) atoms. The van der Waals surface area contributed by atoms with Crippen molar-refractivity contribution >= 4 is 35.5 Å². The predicted molar refractivity (Wildman–Crippen MR) is 195 cm³/mol. The molecule has 3 rings (SSSR count). The van der Waals surface area contributed by atoms with Crippen molar-refractivity contribution in [3.8, 4) is 0 Å². The maximum atomic E-state index is 14.1. The zero-order valence-corrected chi connectivity index (χ0v) is 31.8. The summed E-state index contributed by atoms with van der Waals surface area (Å²) in [5, 5.41) is 10.9. The Morgan fingerprint density at radius 3 is 2.10 bits per heavy atom. The fourth-order valence-corrected chi connectivity index (χ4v) is 7.30. The van der Waals surface area contributed by atoms with Crippen molar-refractivity contribution in [3.63, 3.8) is 0 Å². The minimum atomic E-state index is -1.23. The zero-order valence-electron chi connectivity index (χ0n) is 31.8. The van der Waals surface area contributed by atoms with Crippen LogP contribution in [0.25, 0.3) is 0 Å². The Hall–Kier alpha value is -3.30. The Morgan fingerprint density at radius 1 is 0.808 bits per heavy atom. The van der Waals surface area contributed by atoms with E-state index in [-0.39, 0.29) is 37.1 Å². The molecule has 3 aliphatic rings. The smallest absolute Gasteiger partial charge is 0.325 e. The van der Waals surface area contributed by atoms with Crippen molar-refractivity contribution in [1.82, 2.24) is 26.2 Å². The summed E-state index contributed by atoms with van der Waals surface area (Å²) in [4.78, 5) is 83.7. The van der Waals surface area contributed by atoms with E-state index >= 15 is 0 Å². The van der Waals surface area contributed by atoms with Crippen molar-refractivity contribution in [3.05, 3.63) is 0 Å². The van der Waals surface area contributed by atoms with Crippen LogP contribution in [0.1, 0.15) is 117 Å². The van der Waals surface area contributed by atoms with Gasteiger partial charge in [-0.2, -0.15) is 0 Å². The Balaban J connectivity index is 1.98. The molecule has 5 amide bonds. The summed E-state index contributed by atoms with van der Waals surface area (Å²) >= 11 is 0. The lowest BCUT2D eigenvalue weighted by Crippen LogP contribution is -2.62. The van der Waals surface area contributed by atoms with Gasteiger partial charge < -0.3 is 47.1 Å². The lowest BCUT2D eigenvalue weighted by molar-refractivity contribution is -0.157. The van der Waals surface area contributed by atoms with Crippen LogP contribution in [-0.4, -0.2) is 110 Å². The second-order valence-corrected chi connectivity index (χ2v) is 14.9. The molecular formula is C37H65N7O8. The van der Waals surface area contributed by atoms with Gasteiger partial charge in [-0.05, 0) is 50.9 Å². The quantitative estimate of drug-likeness (QED) is 0.0953. The van der Waals surface area contributed by atoms with Crippen LogP contribution in [0.4, 0.5) is 0 Å². The summed E-state index contributed by atoms with van der Waals surface area (Å²) in [6.07, 6.45) is 10.4. The van der Waals surface area contributed by atoms with Gasteiger partial charge in [0.05, 0.1) is 18.6 Å². The third-order valence-electron chi connectivity index (χ3n) is 10.7. The van der Waals surface area contributed by atoms with E-state index in [1.807, 2.05) is 6.92 Å². The van der Waals surface area contributed by atoms with Gasteiger partial charge in [-0.3, -0.25) is 28.8 Å². The first kappa shape index (κ1) is 43.1. The molecule has 0 aromatic carbocycles. The number of amides is 5. The van der Waals surface area contributed by atoms with Crippen LogP contribution in [-0.2, 0) is 38.2 Å². The van der Waals surface area contributed by atoms with E-state index in [1.165, 1.54) is 4.90 Å². The Bertz CT molecular complexity index is 1190. The molecule has 2 aliphatic carbocycles. The van der Waals surface area contributed by atoms with Crippen molar-refractivity contribution < 1.29 is 38.2 Å². The van der Waals surface area contributed by atoms with E-state index in [0.717, 1.165) is 51.4 Å². The number of nitrogens with one attached hydrogen (secondary N) is 4. The molecule has 1 heterocycles. The number of hydrogen-bond donors (Lipinski definition) is 6. The normalized spacial score (nSPS) is 31.1. The zero-order chi connectivity index (χ0) is 38.2. The molecule has 296 valence electrons. The Labute approximate surface area is 309 Å². The molecule has 3 fully saturated rings. The van der Waals surface area contributed by atoms with E-state index in [9.17, 15) is 28.8 Å². The predicted octanol–water partition coefficient (Wildman–Crippen LogP) is 1.15. The van der Waals surface area contributed by atoms with Crippen LogP contribution in [0.2, 0.25) is 0 Å². The minimum absolute atomic E-state index is 0.00218. The van der Waals surface area contributed by atoms with Crippen LogP contribution in [0.5, 0.6) is 0 Å².